The number of carbonyl (C=O) groups excluding carboxylic acids is 3. The first-order chi connectivity index (χ1) is 15.4. The second-order valence-corrected chi connectivity index (χ2v) is 7.61. The van der Waals surface area contributed by atoms with Crippen molar-refractivity contribution in [1.29, 1.82) is 0 Å². The largest absolute Gasteiger partial charge is 0.372 e. The van der Waals surface area contributed by atoms with E-state index in [0.29, 0.717) is 29.8 Å². The van der Waals surface area contributed by atoms with E-state index in [0.717, 1.165) is 24.5 Å². The van der Waals surface area contributed by atoms with Crippen LogP contribution in [0.15, 0.2) is 54.2 Å². The average molecular weight is 435 g/mol. The van der Waals surface area contributed by atoms with Gasteiger partial charge < -0.3 is 15.5 Å². The highest BCUT2D eigenvalue weighted by atomic mass is 16.2. The minimum absolute atomic E-state index is 0.172. The Morgan fingerprint density at radius 3 is 2.00 bits per heavy atom. The molecule has 0 aliphatic carbocycles. The van der Waals surface area contributed by atoms with Gasteiger partial charge in [0, 0.05) is 43.6 Å². The molecule has 0 unspecified atom stereocenters. The molecule has 1 aliphatic heterocycles. The van der Waals surface area contributed by atoms with Crippen molar-refractivity contribution in [3.05, 3.63) is 59.8 Å². The Kier molecular flexibility index (Phi) is 7.30. The van der Waals surface area contributed by atoms with Crippen molar-refractivity contribution in [3.8, 4) is 0 Å². The molecule has 3 amide bonds. The van der Waals surface area contributed by atoms with Crippen molar-refractivity contribution in [2.45, 2.75) is 34.1 Å². The quantitative estimate of drug-likeness (QED) is 0.581. The Labute approximate surface area is 189 Å². The third-order valence-corrected chi connectivity index (χ3v) is 5.37. The van der Waals surface area contributed by atoms with Gasteiger partial charge >= 0.3 is 0 Å². The normalized spacial score (nSPS) is 13.6. The van der Waals surface area contributed by atoms with Crippen LogP contribution in [0.2, 0.25) is 0 Å². The molecule has 0 radical (unpaired) electrons. The van der Waals surface area contributed by atoms with Crippen molar-refractivity contribution in [2.75, 3.05) is 35.2 Å². The van der Waals surface area contributed by atoms with E-state index in [4.69, 9.17) is 0 Å². The Balaban J connectivity index is 1.96. The Morgan fingerprint density at radius 2 is 1.47 bits per heavy atom. The second-order valence-electron chi connectivity index (χ2n) is 7.61. The second kappa shape index (κ2) is 10.1. The third kappa shape index (κ3) is 4.82. The first-order valence-electron chi connectivity index (χ1n) is 11.0. The first-order valence-corrected chi connectivity index (χ1v) is 11.0. The van der Waals surface area contributed by atoms with Crippen molar-refractivity contribution in [3.63, 3.8) is 0 Å². The van der Waals surface area contributed by atoms with Crippen LogP contribution < -0.4 is 15.5 Å². The lowest BCUT2D eigenvalue weighted by atomic mass is 10.0. The zero-order valence-corrected chi connectivity index (χ0v) is 19.1. The summed E-state index contributed by atoms with van der Waals surface area (Å²) in [6, 6.07) is 14.8. The monoisotopic (exact) mass is 434 g/mol. The van der Waals surface area contributed by atoms with E-state index in [9.17, 15) is 14.4 Å². The number of nitrogens with zero attached hydrogens (tertiary/aromatic N) is 2. The average Bonchev–Trinajstić information content (AvgIpc) is 3.00. The minimum atomic E-state index is -0.328. The van der Waals surface area contributed by atoms with Gasteiger partial charge in [0.1, 0.15) is 5.70 Å². The fourth-order valence-electron chi connectivity index (χ4n) is 3.80. The van der Waals surface area contributed by atoms with Crippen LogP contribution in [-0.4, -0.2) is 42.3 Å². The Bertz CT molecular complexity index is 1020. The van der Waals surface area contributed by atoms with E-state index in [1.165, 1.54) is 11.8 Å². The topological polar surface area (TPSA) is 81.8 Å². The number of carbonyl (C=O) groups is 3. The molecule has 2 aromatic carbocycles. The standard InChI is InChI=1S/C25H30N4O3/c1-5-16-29-24(31)22(18-8-10-19(11-9-18)26-17(4)30)23(25(29)32)27-20-12-14-21(15-13-20)28(6-2)7-3/h8-15,27H,5-7,16H2,1-4H3,(H,26,30). The number of imide groups is 1. The van der Waals surface area contributed by atoms with Gasteiger partial charge in [0.15, 0.2) is 0 Å². The van der Waals surface area contributed by atoms with Gasteiger partial charge in [-0.25, -0.2) is 0 Å². The highest BCUT2D eigenvalue weighted by molar-refractivity contribution is 6.36. The van der Waals surface area contributed by atoms with Gasteiger partial charge in [-0.05, 0) is 62.2 Å². The summed E-state index contributed by atoms with van der Waals surface area (Å²) in [5, 5.41) is 5.90. The van der Waals surface area contributed by atoms with Crippen molar-refractivity contribution in [1.82, 2.24) is 4.90 Å². The molecule has 0 saturated heterocycles. The number of anilines is 3. The fraction of sp³-hybridized carbons (Fsp3) is 0.320. The van der Waals surface area contributed by atoms with Crippen molar-refractivity contribution < 1.29 is 14.4 Å². The zero-order chi connectivity index (χ0) is 23.3. The maximum absolute atomic E-state index is 13.1. The smallest absolute Gasteiger partial charge is 0.278 e. The van der Waals surface area contributed by atoms with Gasteiger partial charge in [-0.1, -0.05) is 19.1 Å². The highest BCUT2D eigenvalue weighted by Gasteiger charge is 2.38. The molecule has 1 heterocycles. The summed E-state index contributed by atoms with van der Waals surface area (Å²) in [5.74, 6) is -0.814. The van der Waals surface area contributed by atoms with E-state index in [1.807, 2.05) is 31.2 Å². The molecular weight excluding hydrogens is 404 g/mol. The summed E-state index contributed by atoms with van der Waals surface area (Å²) in [5.41, 5.74) is 3.70. The number of hydrogen-bond acceptors (Lipinski definition) is 5. The summed E-state index contributed by atoms with van der Waals surface area (Å²) in [4.78, 5) is 41.0. The number of hydrogen-bond donors (Lipinski definition) is 2. The van der Waals surface area contributed by atoms with Crippen molar-refractivity contribution >= 4 is 40.4 Å². The fourth-order valence-corrected chi connectivity index (χ4v) is 3.80. The molecule has 2 N–H and O–H groups in total. The summed E-state index contributed by atoms with van der Waals surface area (Å²) in [6.07, 6.45) is 0.679. The SMILES string of the molecule is CCCN1C(=O)C(Nc2ccc(N(CC)CC)cc2)=C(c2ccc(NC(C)=O)cc2)C1=O. The third-order valence-electron chi connectivity index (χ3n) is 5.37. The lowest BCUT2D eigenvalue weighted by Gasteiger charge is -2.21. The number of rotatable bonds is 9. The van der Waals surface area contributed by atoms with Crippen LogP contribution in [0.3, 0.4) is 0 Å². The van der Waals surface area contributed by atoms with Gasteiger partial charge in [-0.3, -0.25) is 19.3 Å². The molecule has 0 bridgehead atoms. The zero-order valence-electron chi connectivity index (χ0n) is 19.1. The molecule has 32 heavy (non-hydrogen) atoms. The van der Waals surface area contributed by atoms with E-state index < -0.39 is 0 Å². The summed E-state index contributed by atoms with van der Waals surface area (Å²) < 4.78 is 0. The van der Waals surface area contributed by atoms with E-state index in [1.54, 1.807) is 24.3 Å². The van der Waals surface area contributed by atoms with E-state index in [-0.39, 0.29) is 23.4 Å². The number of nitrogens with one attached hydrogen (secondary N) is 2. The molecule has 3 rings (SSSR count). The van der Waals surface area contributed by atoms with E-state index in [2.05, 4.69) is 29.4 Å². The predicted octanol–water partition coefficient (Wildman–Crippen LogP) is 4.09. The Hall–Kier alpha value is -3.61. The van der Waals surface area contributed by atoms with E-state index >= 15 is 0 Å². The predicted molar refractivity (Wildman–Crippen MR) is 128 cm³/mol. The molecule has 0 aromatic heterocycles. The van der Waals surface area contributed by atoms with Crippen LogP contribution in [0.4, 0.5) is 17.1 Å². The highest BCUT2D eigenvalue weighted by Crippen LogP contribution is 2.31. The molecule has 2 aromatic rings. The molecule has 7 nitrogen and oxygen atoms in total. The minimum Gasteiger partial charge on any atom is -0.372 e. The first kappa shape index (κ1) is 23.1. The van der Waals surface area contributed by atoms with Crippen LogP contribution in [0.5, 0.6) is 0 Å². The lowest BCUT2D eigenvalue weighted by molar-refractivity contribution is -0.136. The molecule has 7 heteroatoms. The summed E-state index contributed by atoms with van der Waals surface area (Å²) in [6.45, 7) is 9.75. The van der Waals surface area contributed by atoms with Gasteiger partial charge in [-0.15, -0.1) is 0 Å². The molecule has 0 saturated carbocycles. The van der Waals surface area contributed by atoms with Gasteiger partial charge in [0.2, 0.25) is 5.91 Å². The molecule has 0 spiro atoms. The van der Waals surface area contributed by atoms with Gasteiger partial charge in [0.25, 0.3) is 11.8 Å². The molecule has 0 atom stereocenters. The maximum Gasteiger partial charge on any atom is 0.278 e. The number of benzene rings is 2. The van der Waals surface area contributed by atoms with Crippen LogP contribution in [0.1, 0.15) is 39.7 Å². The summed E-state index contributed by atoms with van der Waals surface area (Å²) >= 11 is 0. The molecular formula is C25H30N4O3. The van der Waals surface area contributed by atoms with Gasteiger partial charge in [-0.2, -0.15) is 0 Å². The van der Waals surface area contributed by atoms with Crippen molar-refractivity contribution in [2.24, 2.45) is 0 Å². The lowest BCUT2D eigenvalue weighted by Crippen LogP contribution is -2.33. The van der Waals surface area contributed by atoms with Crippen LogP contribution >= 0.6 is 0 Å². The molecule has 1 aliphatic rings. The van der Waals surface area contributed by atoms with Crippen LogP contribution in [-0.2, 0) is 14.4 Å². The van der Waals surface area contributed by atoms with Gasteiger partial charge in [0.05, 0.1) is 5.57 Å². The number of amides is 3. The molecule has 0 fully saturated rings. The molecule has 168 valence electrons. The maximum atomic E-state index is 13.1. The van der Waals surface area contributed by atoms with Crippen LogP contribution in [0, 0.1) is 0 Å². The Morgan fingerprint density at radius 1 is 0.875 bits per heavy atom. The van der Waals surface area contributed by atoms with Crippen LogP contribution in [0.25, 0.3) is 5.57 Å². The summed E-state index contributed by atoms with van der Waals surface area (Å²) in [7, 11) is 0.